The molecule has 1 saturated heterocycles. The number of hydrogen-bond donors (Lipinski definition) is 3. The Hall–Kier alpha value is -1.55. The highest BCUT2D eigenvalue weighted by Gasteiger charge is 2.24. The van der Waals surface area contributed by atoms with Crippen LogP contribution in [0.1, 0.15) is 12.5 Å². The topological polar surface area (TPSA) is 61.4 Å². The third kappa shape index (κ3) is 2.97. The summed E-state index contributed by atoms with van der Waals surface area (Å²) < 4.78 is 0. The van der Waals surface area contributed by atoms with Crippen LogP contribution in [0.3, 0.4) is 0 Å². The molecule has 0 aliphatic carbocycles. The van der Waals surface area contributed by atoms with Gasteiger partial charge in [0.1, 0.15) is 5.75 Å². The van der Waals surface area contributed by atoms with Crippen LogP contribution in [0, 0.1) is 5.92 Å². The Morgan fingerprint density at radius 2 is 2.24 bits per heavy atom. The lowest BCUT2D eigenvalue weighted by Crippen LogP contribution is -2.40. The number of hydrogen-bond acceptors (Lipinski definition) is 3. The Kier molecular flexibility index (Phi) is 3.64. The van der Waals surface area contributed by atoms with Gasteiger partial charge in [0.15, 0.2) is 0 Å². The average Bonchev–Trinajstić information content (AvgIpc) is 2.68. The molecule has 1 aliphatic heterocycles. The van der Waals surface area contributed by atoms with Gasteiger partial charge >= 0.3 is 0 Å². The van der Waals surface area contributed by atoms with E-state index in [2.05, 4.69) is 17.6 Å². The third-order valence-electron chi connectivity index (χ3n) is 3.21. The van der Waals surface area contributed by atoms with E-state index in [4.69, 9.17) is 0 Å². The summed E-state index contributed by atoms with van der Waals surface area (Å²) in [5.41, 5.74) is 0.670. The summed E-state index contributed by atoms with van der Waals surface area (Å²) in [6, 6.07) is 7.14. The number of nitrogens with one attached hydrogen (secondary N) is 2. The van der Waals surface area contributed by atoms with Crippen LogP contribution in [0.25, 0.3) is 0 Å². The van der Waals surface area contributed by atoms with E-state index in [1.807, 2.05) is 6.07 Å². The smallest absolute Gasteiger partial charge is 0.224 e. The van der Waals surface area contributed by atoms with Gasteiger partial charge in [0, 0.05) is 18.2 Å². The van der Waals surface area contributed by atoms with E-state index in [9.17, 15) is 9.90 Å². The minimum atomic E-state index is -0.0351. The van der Waals surface area contributed by atoms with Gasteiger partial charge in [0.05, 0.1) is 6.42 Å². The molecule has 3 N–H and O–H groups in total. The van der Waals surface area contributed by atoms with E-state index < -0.39 is 0 Å². The number of aromatic hydroxyl groups is 1. The molecule has 1 aromatic carbocycles. The predicted octanol–water partition coefficient (Wildman–Crippen LogP) is 0.659. The van der Waals surface area contributed by atoms with Gasteiger partial charge in [-0.2, -0.15) is 0 Å². The molecule has 0 spiro atoms. The first-order valence-electron chi connectivity index (χ1n) is 5.94. The van der Waals surface area contributed by atoms with Crippen molar-refractivity contribution in [1.29, 1.82) is 0 Å². The maximum Gasteiger partial charge on any atom is 0.224 e. The first-order chi connectivity index (χ1) is 8.16. The summed E-state index contributed by atoms with van der Waals surface area (Å²) in [6.07, 6.45) is 0.232. The highest BCUT2D eigenvalue weighted by Crippen LogP contribution is 2.16. The second-order valence-electron chi connectivity index (χ2n) is 4.62. The van der Waals surface area contributed by atoms with Crippen LogP contribution in [0.2, 0.25) is 0 Å². The largest absolute Gasteiger partial charge is 0.508 e. The molecule has 2 rings (SSSR count). The molecule has 1 aliphatic rings. The Labute approximate surface area is 101 Å². The second kappa shape index (κ2) is 5.19. The fraction of sp³-hybridized carbons (Fsp3) is 0.462. The Morgan fingerprint density at radius 1 is 1.47 bits per heavy atom. The molecule has 4 nitrogen and oxygen atoms in total. The number of phenols is 1. The van der Waals surface area contributed by atoms with E-state index in [0.29, 0.717) is 11.5 Å². The Bertz CT molecular complexity index is 406. The van der Waals surface area contributed by atoms with Gasteiger partial charge < -0.3 is 15.7 Å². The zero-order valence-corrected chi connectivity index (χ0v) is 9.94. The zero-order chi connectivity index (χ0) is 12.3. The summed E-state index contributed by atoms with van der Waals surface area (Å²) in [5.74, 6) is 0.607. The summed E-state index contributed by atoms with van der Waals surface area (Å²) in [5, 5.41) is 15.8. The molecule has 1 aromatic rings. The molecule has 2 atom stereocenters. The molecule has 1 amide bonds. The van der Waals surface area contributed by atoms with Gasteiger partial charge in [-0.3, -0.25) is 4.79 Å². The number of amides is 1. The lowest BCUT2D eigenvalue weighted by molar-refractivity contribution is -0.121. The minimum absolute atomic E-state index is 0.0351. The molecular weight excluding hydrogens is 216 g/mol. The van der Waals surface area contributed by atoms with Crippen LogP contribution in [-0.2, 0) is 11.2 Å². The minimum Gasteiger partial charge on any atom is -0.508 e. The van der Waals surface area contributed by atoms with Gasteiger partial charge in [-0.1, -0.05) is 25.1 Å². The van der Waals surface area contributed by atoms with Crippen molar-refractivity contribution in [2.75, 3.05) is 13.1 Å². The number of rotatable bonds is 3. The standard InChI is InChI=1S/C13H18N2O2/c1-9-7-14-8-11(9)15-13(17)6-10-4-2-3-5-12(10)16/h2-5,9,11,14,16H,6-8H2,1H3,(H,15,17). The summed E-state index contributed by atoms with van der Waals surface area (Å²) >= 11 is 0. The molecule has 92 valence electrons. The molecule has 4 heteroatoms. The molecular formula is C13H18N2O2. The van der Waals surface area contributed by atoms with Crippen molar-refractivity contribution in [3.05, 3.63) is 29.8 Å². The molecule has 0 radical (unpaired) electrons. The van der Waals surface area contributed by atoms with Crippen LogP contribution in [0.5, 0.6) is 5.75 Å². The van der Waals surface area contributed by atoms with Crippen molar-refractivity contribution in [3.8, 4) is 5.75 Å². The molecule has 0 saturated carbocycles. The second-order valence-corrected chi connectivity index (χ2v) is 4.62. The summed E-state index contributed by atoms with van der Waals surface area (Å²) in [7, 11) is 0. The fourth-order valence-electron chi connectivity index (χ4n) is 2.09. The monoisotopic (exact) mass is 234 g/mol. The quantitative estimate of drug-likeness (QED) is 0.720. The maximum atomic E-state index is 11.8. The number of carbonyl (C=O) groups excluding carboxylic acids is 1. The first kappa shape index (κ1) is 11.9. The van der Waals surface area contributed by atoms with Crippen molar-refractivity contribution in [2.24, 2.45) is 5.92 Å². The predicted molar refractivity (Wildman–Crippen MR) is 65.8 cm³/mol. The van der Waals surface area contributed by atoms with Crippen molar-refractivity contribution in [3.63, 3.8) is 0 Å². The van der Waals surface area contributed by atoms with Crippen molar-refractivity contribution < 1.29 is 9.90 Å². The van der Waals surface area contributed by atoms with E-state index in [1.165, 1.54) is 0 Å². The molecule has 0 aromatic heterocycles. The van der Waals surface area contributed by atoms with Gasteiger partial charge in [-0.25, -0.2) is 0 Å². The average molecular weight is 234 g/mol. The van der Waals surface area contributed by atoms with Crippen LogP contribution in [-0.4, -0.2) is 30.1 Å². The van der Waals surface area contributed by atoms with E-state index in [0.717, 1.165) is 13.1 Å². The van der Waals surface area contributed by atoms with Crippen LogP contribution < -0.4 is 10.6 Å². The van der Waals surface area contributed by atoms with E-state index >= 15 is 0 Å². The lowest BCUT2D eigenvalue weighted by Gasteiger charge is -2.16. The third-order valence-corrected chi connectivity index (χ3v) is 3.21. The molecule has 0 bridgehead atoms. The van der Waals surface area contributed by atoms with Crippen molar-refractivity contribution >= 4 is 5.91 Å². The molecule has 2 unspecified atom stereocenters. The normalized spacial score (nSPS) is 23.6. The van der Waals surface area contributed by atoms with E-state index in [1.54, 1.807) is 18.2 Å². The Morgan fingerprint density at radius 3 is 2.88 bits per heavy atom. The fourth-order valence-corrected chi connectivity index (χ4v) is 2.09. The number of carbonyl (C=O) groups is 1. The molecule has 1 fully saturated rings. The van der Waals surface area contributed by atoms with Crippen LogP contribution in [0.15, 0.2) is 24.3 Å². The maximum absolute atomic E-state index is 11.8. The SMILES string of the molecule is CC1CNCC1NC(=O)Cc1ccccc1O. The van der Waals surface area contributed by atoms with E-state index in [-0.39, 0.29) is 24.1 Å². The van der Waals surface area contributed by atoms with Gasteiger partial charge in [0.25, 0.3) is 0 Å². The highest BCUT2D eigenvalue weighted by atomic mass is 16.3. The molecule has 17 heavy (non-hydrogen) atoms. The Balaban J connectivity index is 1.91. The van der Waals surface area contributed by atoms with Crippen LogP contribution in [0.4, 0.5) is 0 Å². The highest BCUT2D eigenvalue weighted by molar-refractivity contribution is 5.79. The number of para-hydroxylation sites is 1. The number of benzene rings is 1. The van der Waals surface area contributed by atoms with Crippen LogP contribution >= 0.6 is 0 Å². The van der Waals surface area contributed by atoms with Crippen molar-refractivity contribution in [2.45, 2.75) is 19.4 Å². The molecule has 1 heterocycles. The van der Waals surface area contributed by atoms with Crippen molar-refractivity contribution in [1.82, 2.24) is 10.6 Å². The number of phenolic OH excluding ortho intramolecular Hbond substituents is 1. The zero-order valence-electron chi connectivity index (χ0n) is 9.94. The van der Waals surface area contributed by atoms with Gasteiger partial charge in [-0.05, 0) is 18.5 Å². The summed E-state index contributed by atoms with van der Waals surface area (Å²) in [4.78, 5) is 11.8. The summed E-state index contributed by atoms with van der Waals surface area (Å²) in [6.45, 7) is 3.89. The van der Waals surface area contributed by atoms with Gasteiger partial charge in [0.2, 0.25) is 5.91 Å². The van der Waals surface area contributed by atoms with Gasteiger partial charge in [-0.15, -0.1) is 0 Å². The lowest BCUT2D eigenvalue weighted by atomic mass is 10.1. The first-order valence-corrected chi connectivity index (χ1v) is 5.94.